The average molecular weight is 424 g/mol. The van der Waals surface area contributed by atoms with E-state index in [4.69, 9.17) is 0 Å². The molecule has 8 nitrogen and oxygen atoms in total. The lowest BCUT2D eigenvalue weighted by Crippen LogP contribution is -2.43. The maximum atomic E-state index is 13.0. The van der Waals surface area contributed by atoms with Crippen molar-refractivity contribution in [2.24, 2.45) is 5.92 Å². The first kappa shape index (κ1) is 21.9. The maximum Gasteiger partial charge on any atom is 0.253 e. The van der Waals surface area contributed by atoms with Crippen molar-refractivity contribution in [1.29, 1.82) is 5.26 Å². The molecule has 9 heteroatoms. The molecule has 3 unspecified atom stereocenters. The van der Waals surface area contributed by atoms with E-state index >= 15 is 0 Å². The Kier molecular flexibility index (Phi) is 6.95. The lowest BCUT2D eigenvalue weighted by atomic mass is 10.1. The summed E-state index contributed by atoms with van der Waals surface area (Å²) in [5, 5.41) is 24.5. The van der Waals surface area contributed by atoms with Crippen molar-refractivity contribution in [1.82, 2.24) is 10.2 Å². The van der Waals surface area contributed by atoms with Crippen molar-refractivity contribution in [3.8, 4) is 6.07 Å². The number of nitriles is 1. The fourth-order valence-electron chi connectivity index (χ4n) is 3.35. The number of likely N-dealkylation sites (tertiary alicyclic amines) is 1. The summed E-state index contributed by atoms with van der Waals surface area (Å²) in [6, 6.07) is 14.8. The normalized spacial score (nSPS) is 18.7. The predicted molar refractivity (Wildman–Crippen MR) is 109 cm³/mol. The van der Waals surface area contributed by atoms with E-state index in [-0.39, 0.29) is 24.4 Å². The standard InChI is InChI=1S/C22H21FN4O4/c23-16-8-6-14(7-9-16)20(29)22(31)25-12-19(28)27-13-15(10-18(27)11-24)21(30)26-17-4-2-1-3-5-17/h1-9,15,18,20,29H,10,12-13H2,(H,25,31)(H,26,30). The van der Waals surface area contributed by atoms with Crippen molar-refractivity contribution < 1.29 is 23.9 Å². The minimum absolute atomic E-state index is 0.0477. The molecule has 0 spiro atoms. The minimum Gasteiger partial charge on any atom is -0.378 e. The number of nitrogens with zero attached hydrogens (tertiary/aromatic N) is 2. The quantitative estimate of drug-likeness (QED) is 0.646. The molecule has 31 heavy (non-hydrogen) atoms. The van der Waals surface area contributed by atoms with Gasteiger partial charge in [0.2, 0.25) is 11.8 Å². The zero-order valence-corrected chi connectivity index (χ0v) is 16.5. The van der Waals surface area contributed by atoms with E-state index < -0.39 is 42.2 Å². The van der Waals surface area contributed by atoms with Gasteiger partial charge in [0.15, 0.2) is 6.10 Å². The number of para-hydroxylation sites is 1. The summed E-state index contributed by atoms with van der Waals surface area (Å²) >= 11 is 0. The Hall–Kier alpha value is -3.77. The molecule has 160 valence electrons. The monoisotopic (exact) mass is 424 g/mol. The number of carbonyl (C=O) groups excluding carboxylic acids is 3. The van der Waals surface area contributed by atoms with Gasteiger partial charge in [-0.3, -0.25) is 14.4 Å². The van der Waals surface area contributed by atoms with Crippen molar-refractivity contribution in [2.45, 2.75) is 18.6 Å². The van der Waals surface area contributed by atoms with E-state index in [9.17, 15) is 29.1 Å². The number of benzene rings is 2. The van der Waals surface area contributed by atoms with Crippen molar-refractivity contribution >= 4 is 23.4 Å². The molecule has 3 N–H and O–H groups in total. The van der Waals surface area contributed by atoms with Gasteiger partial charge < -0.3 is 20.6 Å². The van der Waals surface area contributed by atoms with Crippen molar-refractivity contribution in [2.75, 3.05) is 18.4 Å². The second kappa shape index (κ2) is 9.82. The number of carbonyl (C=O) groups is 3. The Morgan fingerprint density at radius 1 is 1.16 bits per heavy atom. The number of halogens is 1. The lowest BCUT2D eigenvalue weighted by molar-refractivity contribution is -0.136. The third-order valence-corrected chi connectivity index (χ3v) is 5.03. The molecule has 3 atom stereocenters. The number of nitrogens with one attached hydrogen (secondary N) is 2. The second-order valence-electron chi connectivity index (χ2n) is 7.15. The average Bonchev–Trinajstić information content (AvgIpc) is 3.23. The van der Waals surface area contributed by atoms with Gasteiger partial charge in [-0.1, -0.05) is 30.3 Å². The first-order valence-corrected chi connectivity index (χ1v) is 9.65. The summed E-state index contributed by atoms with van der Waals surface area (Å²) in [4.78, 5) is 38.4. The smallest absolute Gasteiger partial charge is 0.253 e. The van der Waals surface area contributed by atoms with Crippen LogP contribution in [-0.4, -0.2) is 46.9 Å². The Morgan fingerprint density at radius 2 is 1.84 bits per heavy atom. The van der Waals surface area contributed by atoms with E-state index in [1.54, 1.807) is 24.3 Å². The van der Waals surface area contributed by atoms with E-state index in [1.165, 1.54) is 17.0 Å². The molecule has 0 saturated carbocycles. The van der Waals surface area contributed by atoms with Crippen LogP contribution in [0.3, 0.4) is 0 Å². The fourth-order valence-corrected chi connectivity index (χ4v) is 3.35. The number of hydrogen-bond donors (Lipinski definition) is 3. The Labute approximate surface area is 178 Å². The van der Waals surface area contributed by atoms with E-state index in [1.807, 2.05) is 12.1 Å². The second-order valence-corrected chi connectivity index (χ2v) is 7.15. The highest BCUT2D eigenvalue weighted by Crippen LogP contribution is 2.24. The van der Waals surface area contributed by atoms with Gasteiger partial charge in [-0.05, 0) is 36.2 Å². The summed E-state index contributed by atoms with van der Waals surface area (Å²) in [6.45, 7) is -0.394. The van der Waals surface area contributed by atoms with Crippen LogP contribution >= 0.6 is 0 Å². The summed E-state index contributed by atoms with van der Waals surface area (Å²) in [5.41, 5.74) is 0.799. The van der Waals surface area contributed by atoms with Crippen LogP contribution in [0.15, 0.2) is 54.6 Å². The fraction of sp³-hybridized carbons (Fsp3) is 0.273. The van der Waals surface area contributed by atoms with Gasteiger partial charge in [0.05, 0.1) is 18.5 Å². The van der Waals surface area contributed by atoms with E-state index in [0.717, 1.165) is 12.1 Å². The summed E-state index contributed by atoms with van der Waals surface area (Å²) in [7, 11) is 0. The third kappa shape index (κ3) is 5.43. The molecule has 1 fully saturated rings. The Bertz CT molecular complexity index is 991. The van der Waals surface area contributed by atoms with Crippen LogP contribution < -0.4 is 10.6 Å². The summed E-state index contributed by atoms with van der Waals surface area (Å²) in [6.07, 6.45) is -1.38. The van der Waals surface area contributed by atoms with Gasteiger partial charge in [0.25, 0.3) is 5.91 Å². The van der Waals surface area contributed by atoms with Gasteiger partial charge in [0, 0.05) is 12.2 Å². The van der Waals surface area contributed by atoms with E-state index in [2.05, 4.69) is 10.6 Å². The molecule has 0 bridgehead atoms. The molecular weight excluding hydrogens is 403 g/mol. The number of amides is 3. The maximum absolute atomic E-state index is 13.0. The number of rotatable bonds is 6. The first-order chi connectivity index (χ1) is 14.9. The lowest BCUT2D eigenvalue weighted by Gasteiger charge is -2.20. The van der Waals surface area contributed by atoms with Crippen molar-refractivity contribution in [3.05, 3.63) is 66.0 Å². The Balaban J connectivity index is 1.55. The SMILES string of the molecule is N#CC1CC(C(=O)Nc2ccccc2)CN1C(=O)CNC(=O)C(O)c1ccc(F)cc1. The summed E-state index contributed by atoms with van der Waals surface area (Å²) < 4.78 is 13.0. The molecular formula is C22H21FN4O4. The highest BCUT2D eigenvalue weighted by Gasteiger charge is 2.38. The van der Waals surface area contributed by atoms with E-state index in [0.29, 0.717) is 5.69 Å². The predicted octanol–water partition coefficient (Wildman–Crippen LogP) is 1.35. The van der Waals surface area contributed by atoms with Gasteiger partial charge in [-0.15, -0.1) is 0 Å². The number of anilines is 1. The van der Waals surface area contributed by atoms with Gasteiger partial charge >= 0.3 is 0 Å². The van der Waals surface area contributed by atoms with Crippen molar-refractivity contribution in [3.63, 3.8) is 0 Å². The van der Waals surface area contributed by atoms with Gasteiger partial charge in [-0.25, -0.2) is 4.39 Å². The Morgan fingerprint density at radius 3 is 2.48 bits per heavy atom. The van der Waals surface area contributed by atoms with Crippen LogP contribution in [0, 0.1) is 23.1 Å². The molecule has 3 amide bonds. The van der Waals surface area contributed by atoms with Crippen LogP contribution in [0.1, 0.15) is 18.1 Å². The molecule has 0 aliphatic carbocycles. The van der Waals surface area contributed by atoms with Gasteiger partial charge in [0.1, 0.15) is 11.9 Å². The van der Waals surface area contributed by atoms with Gasteiger partial charge in [-0.2, -0.15) is 5.26 Å². The van der Waals surface area contributed by atoms with Crippen LogP contribution in [-0.2, 0) is 14.4 Å². The molecule has 2 aromatic carbocycles. The first-order valence-electron chi connectivity index (χ1n) is 9.65. The van der Waals surface area contributed by atoms with Crippen LogP contribution in [0.5, 0.6) is 0 Å². The number of aliphatic hydroxyl groups excluding tert-OH is 1. The molecule has 0 radical (unpaired) electrons. The van der Waals surface area contributed by atoms with Crippen LogP contribution in [0.25, 0.3) is 0 Å². The van der Waals surface area contributed by atoms with Crippen LogP contribution in [0.4, 0.5) is 10.1 Å². The minimum atomic E-state index is -1.57. The summed E-state index contributed by atoms with van der Waals surface area (Å²) in [5.74, 6) is -2.73. The molecule has 3 rings (SSSR count). The molecule has 1 aliphatic rings. The zero-order chi connectivity index (χ0) is 22.4. The highest BCUT2D eigenvalue weighted by atomic mass is 19.1. The molecule has 2 aromatic rings. The largest absolute Gasteiger partial charge is 0.378 e. The third-order valence-electron chi connectivity index (χ3n) is 5.03. The molecule has 1 heterocycles. The molecule has 1 saturated heterocycles. The molecule has 1 aliphatic heterocycles. The number of aliphatic hydroxyl groups is 1. The number of hydrogen-bond acceptors (Lipinski definition) is 5. The highest BCUT2D eigenvalue weighted by molar-refractivity contribution is 5.94. The van der Waals surface area contributed by atoms with Crippen LogP contribution in [0.2, 0.25) is 0 Å². The molecule has 0 aromatic heterocycles. The zero-order valence-electron chi connectivity index (χ0n) is 16.5. The topological polar surface area (TPSA) is 123 Å².